The zero-order valence-electron chi connectivity index (χ0n) is 16.7. The first-order valence-electron chi connectivity index (χ1n) is 9.63. The smallest absolute Gasteiger partial charge is 0.283 e. The van der Waals surface area contributed by atoms with Crippen LogP contribution >= 0.6 is 27.3 Å². The SMILES string of the molecule is CCOCCn1c(=NC(=O)c2cc3ccccc3cc2OC)sc2cc(Br)ccc21. The van der Waals surface area contributed by atoms with E-state index in [-0.39, 0.29) is 5.91 Å². The number of methoxy groups -OCH3 is 1. The molecule has 0 aliphatic heterocycles. The predicted molar refractivity (Wildman–Crippen MR) is 124 cm³/mol. The summed E-state index contributed by atoms with van der Waals surface area (Å²) in [6.45, 7) is 3.79. The summed E-state index contributed by atoms with van der Waals surface area (Å²) in [5, 5.41) is 1.99. The maximum absolute atomic E-state index is 13.2. The maximum Gasteiger partial charge on any atom is 0.283 e. The normalized spacial score (nSPS) is 12.0. The third kappa shape index (κ3) is 4.19. The number of thiazole rings is 1. The number of carbonyl (C=O) groups excluding carboxylic acids is 1. The molecule has 0 aliphatic carbocycles. The van der Waals surface area contributed by atoms with E-state index in [9.17, 15) is 4.79 Å². The van der Waals surface area contributed by atoms with Gasteiger partial charge < -0.3 is 14.0 Å². The first kappa shape index (κ1) is 20.8. The second-order valence-corrected chi connectivity index (χ2v) is 8.59. The van der Waals surface area contributed by atoms with Crippen LogP contribution in [0.4, 0.5) is 0 Å². The quantitative estimate of drug-likeness (QED) is 0.344. The molecule has 0 aliphatic rings. The number of halogens is 1. The van der Waals surface area contributed by atoms with E-state index in [1.165, 1.54) is 11.3 Å². The van der Waals surface area contributed by atoms with Crippen molar-refractivity contribution in [1.82, 2.24) is 4.57 Å². The van der Waals surface area contributed by atoms with Gasteiger partial charge in [0.15, 0.2) is 4.80 Å². The first-order valence-corrected chi connectivity index (χ1v) is 11.2. The summed E-state index contributed by atoms with van der Waals surface area (Å²) < 4.78 is 15.1. The zero-order valence-corrected chi connectivity index (χ0v) is 19.1. The van der Waals surface area contributed by atoms with Gasteiger partial charge in [0.25, 0.3) is 5.91 Å². The molecule has 7 heteroatoms. The topological polar surface area (TPSA) is 52.8 Å². The molecular formula is C23H21BrN2O3S. The van der Waals surface area contributed by atoms with Crippen molar-refractivity contribution in [3.8, 4) is 5.75 Å². The fourth-order valence-corrected chi connectivity index (χ4v) is 4.96. The molecule has 0 spiro atoms. The minimum atomic E-state index is -0.326. The monoisotopic (exact) mass is 484 g/mol. The molecule has 0 radical (unpaired) electrons. The van der Waals surface area contributed by atoms with Crippen LogP contribution in [0.3, 0.4) is 0 Å². The zero-order chi connectivity index (χ0) is 21.1. The van der Waals surface area contributed by atoms with Gasteiger partial charge in [0.2, 0.25) is 0 Å². The van der Waals surface area contributed by atoms with Crippen LogP contribution in [0.5, 0.6) is 5.75 Å². The number of benzene rings is 3. The molecule has 5 nitrogen and oxygen atoms in total. The van der Waals surface area contributed by atoms with Gasteiger partial charge in [0.05, 0.1) is 29.5 Å². The highest BCUT2D eigenvalue weighted by atomic mass is 79.9. The number of rotatable bonds is 6. The summed E-state index contributed by atoms with van der Waals surface area (Å²) in [6, 6.07) is 17.7. The van der Waals surface area contributed by atoms with Crippen LogP contribution in [0.1, 0.15) is 17.3 Å². The van der Waals surface area contributed by atoms with Crippen LogP contribution in [0, 0.1) is 0 Å². The van der Waals surface area contributed by atoms with Gasteiger partial charge in [-0.2, -0.15) is 4.99 Å². The van der Waals surface area contributed by atoms with Crippen molar-refractivity contribution in [1.29, 1.82) is 0 Å². The lowest BCUT2D eigenvalue weighted by atomic mass is 10.1. The summed E-state index contributed by atoms with van der Waals surface area (Å²) in [5.74, 6) is 0.195. The summed E-state index contributed by atoms with van der Waals surface area (Å²) in [7, 11) is 1.57. The first-order chi connectivity index (χ1) is 14.6. The van der Waals surface area contributed by atoms with Gasteiger partial charge in [0, 0.05) is 17.6 Å². The average molecular weight is 485 g/mol. The van der Waals surface area contributed by atoms with Crippen molar-refractivity contribution < 1.29 is 14.3 Å². The van der Waals surface area contributed by atoms with E-state index in [0.29, 0.717) is 35.9 Å². The molecule has 3 aromatic carbocycles. The van der Waals surface area contributed by atoms with Gasteiger partial charge in [-0.3, -0.25) is 4.79 Å². The third-order valence-corrected chi connectivity index (χ3v) is 6.34. The summed E-state index contributed by atoms with van der Waals surface area (Å²) in [4.78, 5) is 18.3. The lowest BCUT2D eigenvalue weighted by Gasteiger charge is -2.08. The lowest BCUT2D eigenvalue weighted by molar-refractivity contribution is 0.0994. The molecule has 154 valence electrons. The second kappa shape index (κ2) is 9.12. The molecule has 0 N–H and O–H groups in total. The Balaban J connectivity index is 1.83. The van der Waals surface area contributed by atoms with Crippen molar-refractivity contribution in [3.05, 3.63) is 69.4 Å². The van der Waals surface area contributed by atoms with Gasteiger partial charge in [-0.25, -0.2) is 0 Å². The molecule has 1 amide bonds. The van der Waals surface area contributed by atoms with Crippen LogP contribution in [0.15, 0.2) is 64.1 Å². The Labute approximate surface area is 186 Å². The Morgan fingerprint density at radius 3 is 2.63 bits per heavy atom. The Morgan fingerprint density at radius 2 is 1.90 bits per heavy atom. The van der Waals surface area contributed by atoms with Crippen LogP contribution in [0.2, 0.25) is 0 Å². The average Bonchev–Trinajstić information content (AvgIpc) is 3.08. The van der Waals surface area contributed by atoms with E-state index >= 15 is 0 Å². The number of hydrogen-bond acceptors (Lipinski definition) is 4. The number of nitrogens with zero attached hydrogens (tertiary/aromatic N) is 2. The van der Waals surface area contributed by atoms with Crippen LogP contribution in [-0.2, 0) is 11.3 Å². The highest BCUT2D eigenvalue weighted by molar-refractivity contribution is 9.10. The molecule has 0 atom stereocenters. The van der Waals surface area contributed by atoms with E-state index in [2.05, 4.69) is 20.9 Å². The predicted octanol–water partition coefficient (Wildman–Crippen LogP) is 5.40. The number of fused-ring (bicyclic) bond motifs is 2. The lowest BCUT2D eigenvalue weighted by Crippen LogP contribution is -2.20. The van der Waals surface area contributed by atoms with E-state index in [1.54, 1.807) is 7.11 Å². The Bertz CT molecular complexity index is 1290. The number of aromatic nitrogens is 1. The molecule has 30 heavy (non-hydrogen) atoms. The van der Waals surface area contributed by atoms with Gasteiger partial charge >= 0.3 is 0 Å². The fraction of sp³-hybridized carbons (Fsp3) is 0.217. The molecular weight excluding hydrogens is 464 g/mol. The minimum absolute atomic E-state index is 0.326. The number of amides is 1. The molecule has 1 aromatic heterocycles. The number of hydrogen-bond donors (Lipinski definition) is 0. The molecule has 1 heterocycles. The van der Waals surface area contributed by atoms with E-state index < -0.39 is 0 Å². The van der Waals surface area contributed by atoms with Crippen molar-refractivity contribution in [2.24, 2.45) is 4.99 Å². The number of carbonyl (C=O) groups is 1. The van der Waals surface area contributed by atoms with Crippen molar-refractivity contribution >= 4 is 54.2 Å². The molecule has 0 fully saturated rings. The molecule has 0 unspecified atom stereocenters. The molecule has 0 saturated heterocycles. The summed E-state index contributed by atoms with van der Waals surface area (Å²) in [6.07, 6.45) is 0. The molecule has 4 rings (SSSR count). The van der Waals surface area contributed by atoms with E-state index in [4.69, 9.17) is 9.47 Å². The summed E-state index contributed by atoms with van der Waals surface area (Å²) >= 11 is 5.00. The van der Waals surface area contributed by atoms with Crippen LogP contribution < -0.4 is 9.54 Å². The molecule has 4 aromatic rings. The second-order valence-electron chi connectivity index (χ2n) is 6.66. The van der Waals surface area contributed by atoms with Crippen LogP contribution in [-0.4, -0.2) is 30.8 Å². The van der Waals surface area contributed by atoms with Crippen molar-refractivity contribution in [2.75, 3.05) is 20.3 Å². The Morgan fingerprint density at radius 1 is 1.13 bits per heavy atom. The van der Waals surface area contributed by atoms with E-state index in [1.807, 2.05) is 66.1 Å². The Kier molecular flexibility index (Phi) is 6.32. The third-order valence-electron chi connectivity index (χ3n) is 4.80. The molecule has 0 saturated carbocycles. The van der Waals surface area contributed by atoms with Crippen molar-refractivity contribution in [2.45, 2.75) is 13.5 Å². The van der Waals surface area contributed by atoms with Gasteiger partial charge in [-0.15, -0.1) is 0 Å². The fourth-order valence-electron chi connectivity index (χ4n) is 3.35. The minimum Gasteiger partial charge on any atom is -0.496 e. The summed E-state index contributed by atoms with van der Waals surface area (Å²) in [5.41, 5.74) is 1.48. The van der Waals surface area contributed by atoms with Crippen molar-refractivity contribution in [3.63, 3.8) is 0 Å². The highest BCUT2D eigenvalue weighted by Crippen LogP contribution is 2.27. The Hall–Kier alpha value is -2.48. The highest BCUT2D eigenvalue weighted by Gasteiger charge is 2.15. The molecule has 0 bridgehead atoms. The number of ether oxygens (including phenoxy) is 2. The van der Waals surface area contributed by atoms with Gasteiger partial charge in [0.1, 0.15) is 5.75 Å². The van der Waals surface area contributed by atoms with Crippen LogP contribution in [0.25, 0.3) is 21.0 Å². The largest absolute Gasteiger partial charge is 0.496 e. The van der Waals surface area contributed by atoms with Gasteiger partial charge in [-0.05, 0) is 48.0 Å². The van der Waals surface area contributed by atoms with E-state index in [0.717, 1.165) is 25.5 Å². The van der Waals surface area contributed by atoms with Gasteiger partial charge in [-0.1, -0.05) is 51.5 Å². The maximum atomic E-state index is 13.2. The standard InChI is InChI=1S/C23H21BrN2O3S/c1-3-29-11-10-26-19-9-8-17(24)14-21(19)30-23(26)25-22(27)18-12-15-6-4-5-7-16(15)13-20(18)28-2/h4-9,12-14H,3,10-11H2,1-2H3.